The second kappa shape index (κ2) is 6.77. The van der Waals surface area contributed by atoms with Crippen molar-refractivity contribution in [3.63, 3.8) is 0 Å². The molecule has 0 atom stereocenters. The smallest absolute Gasteiger partial charge is 0.0237 e. The second-order valence-electron chi connectivity index (χ2n) is 4.90. The van der Waals surface area contributed by atoms with Crippen LogP contribution >= 0.6 is 0 Å². The van der Waals surface area contributed by atoms with E-state index in [0.29, 0.717) is 0 Å². The maximum Gasteiger partial charge on any atom is 0.0237 e. The molecule has 0 amide bonds. The number of fused-ring (bicyclic) bond motifs is 1. The number of nitrogens with one attached hydrogen (secondary N) is 1. The van der Waals surface area contributed by atoms with Gasteiger partial charge in [-0.05, 0) is 43.5 Å². The zero-order valence-corrected chi connectivity index (χ0v) is 10.9. The fourth-order valence-corrected chi connectivity index (χ4v) is 2.50. The quantitative estimate of drug-likeness (QED) is 0.784. The molecule has 0 aliphatic carbocycles. The molecule has 17 heavy (non-hydrogen) atoms. The van der Waals surface area contributed by atoms with Gasteiger partial charge in [0.1, 0.15) is 0 Å². The summed E-state index contributed by atoms with van der Waals surface area (Å²) in [7, 11) is 0. The van der Waals surface area contributed by atoms with E-state index in [0.717, 1.165) is 19.6 Å². The van der Waals surface area contributed by atoms with E-state index in [1.807, 2.05) is 0 Å². The zero-order valence-electron chi connectivity index (χ0n) is 10.9. The molecule has 2 heteroatoms. The molecule has 0 spiro atoms. The average molecular weight is 232 g/mol. The van der Waals surface area contributed by atoms with Gasteiger partial charge in [-0.1, -0.05) is 31.2 Å². The highest BCUT2D eigenvalue weighted by atomic mass is 15.1. The number of benzene rings is 1. The van der Waals surface area contributed by atoms with Gasteiger partial charge in [0.2, 0.25) is 0 Å². The van der Waals surface area contributed by atoms with Crippen molar-refractivity contribution in [3.05, 3.63) is 35.4 Å². The van der Waals surface area contributed by atoms with Crippen LogP contribution in [0.2, 0.25) is 0 Å². The normalized spacial score (nSPS) is 16.5. The number of hydrogen-bond donors (Lipinski definition) is 1. The lowest BCUT2D eigenvalue weighted by molar-refractivity contribution is 0.269. The summed E-state index contributed by atoms with van der Waals surface area (Å²) in [5.41, 5.74) is 3.08. The van der Waals surface area contributed by atoms with Crippen LogP contribution in [0.4, 0.5) is 0 Å². The molecule has 1 aliphatic heterocycles. The summed E-state index contributed by atoms with van der Waals surface area (Å²) >= 11 is 0. The van der Waals surface area contributed by atoms with Gasteiger partial charge < -0.3 is 5.32 Å². The summed E-state index contributed by atoms with van der Waals surface area (Å²) < 4.78 is 0. The SMILES string of the molecule is CCCNCCN1CCCc2ccccc2C1. The Balaban J connectivity index is 1.85. The number of rotatable bonds is 5. The third-order valence-electron chi connectivity index (χ3n) is 3.46. The second-order valence-corrected chi connectivity index (χ2v) is 4.90. The molecule has 0 fully saturated rings. The van der Waals surface area contributed by atoms with E-state index in [1.54, 1.807) is 5.56 Å². The van der Waals surface area contributed by atoms with Crippen molar-refractivity contribution in [2.24, 2.45) is 0 Å². The van der Waals surface area contributed by atoms with Crippen LogP contribution in [-0.4, -0.2) is 31.1 Å². The van der Waals surface area contributed by atoms with E-state index in [9.17, 15) is 0 Å². The van der Waals surface area contributed by atoms with Gasteiger partial charge in [0, 0.05) is 19.6 Å². The Morgan fingerprint density at radius 2 is 2.00 bits per heavy atom. The van der Waals surface area contributed by atoms with Gasteiger partial charge in [0.25, 0.3) is 0 Å². The lowest BCUT2D eigenvalue weighted by Crippen LogP contribution is -2.32. The number of nitrogens with zero attached hydrogens (tertiary/aromatic N) is 1. The molecular weight excluding hydrogens is 208 g/mol. The van der Waals surface area contributed by atoms with Crippen LogP contribution in [-0.2, 0) is 13.0 Å². The van der Waals surface area contributed by atoms with Crippen molar-refractivity contribution in [3.8, 4) is 0 Å². The average Bonchev–Trinajstić information content (AvgIpc) is 2.56. The minimum absolute atomic E-state index is 1.12. The highest BCUT2D eigenvalue weighted by molar-refractivity contribution is 5.27. The summed E-state index contributed by atoms with van der Waals surface area (Å²) in [4.78, 5) is 2.58. The molecule has 94 valence electrons. The molecule has 0 unspecified atom stereocenters. The van der Waals surface area contributed by atoms with Crippen LogP contribution in [0.3, 0.4) is 0 Å². The Hall–Kier alpha value is -0.860. The Kier molecular flexibility index (Phi) is 5.02. The van der Waals surface area contributed by atoms with Crippen molar-refractivity contribution >= 4 is 0 Å². The first-order chi connectivity index (χ1) is 8.40. The first-order valence-corrected chi connectivity index (χ1v) is 6.90. The predicted octanol–water partition coefficient (Wildman–Crippen LogP) is 2.43. The van der Waals surface area contributed by atoms with Crippen molar-refractivity contribution in [2.45, 2.75) is 32.7 Å². The Morgan fingerprint density at radius 3 is 2.82 bits per heavy atom. The van der Waals surface area contributed by atoms with E-state index in [2.05, 4.69) is 41.4 Å². The fourth-order valence-electron chi connectivity index (χ4n) is 2.50. The van der Waals surface area contributed by atoms with Gasteiger partial charge in [0.05, 0.1) is 0 Å². The highest BCUT2D eigenvalue weighted by Gasteiger charge is 2.12. The molecule has 2 nitrogen and oxygen atoms in total. The predicted molar refractivity (Wildman–Crippen MR) is 73.2 cm³/mol. The standard InChI is InChI=1S/C15H24N2/c1-2-9-16-10-12-17-11-5-8-14-6-3-4-7-15(14)13-17/h3-4,6-7,16H,2,5,8-13H2,1H3. The third-order valence-corrected chi connectivity index (χ3v) is 3.46. The summed E-state index contributed by atoms with van der Waals surface area (Å²) in [6.07, 6.45) is 3.77. The minimum Gasteiger partial charge on any atom is -0.315 e. The molecule has 0 radical (unpaired) electrons. The van der Waals surface area contributed by atoms with Crippen molar-refractivity contribution in [1.29, 1.82) is 0 Å². The largest absolute Gasteiger partial charge is 0.315 e. The van der Waals surface area contributed by atoms with Crippen LogP contribution in [0, 0.1) is 0 Å². The first kappa shape index (κ1) is 12.6. The Labute approximate surface area is 105 Å². The molecular formula is C15H24N2. The van der Waals surface area contributed by atoms with Crippen molar-refractivity contribution < 1.29 is 0 Å². The Morgan fingerprint density at radius 1 is 1.18 bits per heavy atom. The molecule has 1 N–H and O–H groups in total. The summed E-state index contributed by atoms with van der Waals surface area (Å²) in [6.45, 7) is 8.02. The maximum absolute atomic E-state index is 3.49. The number of hydrogen-bond acceptors (Lipinski definition) is 2. The van der Waals surface area contributed by atoms with E-state index in [-0.39, 0.29) is 0 Å². The molecule has 1 aromatic carbocycles. The van der Waals surface area contributed by atoms with Crippen LogP contribution in [0.1, 0.15) is 30.9 Å². The lowest BCUT2D eigenvalue weighted by Gasteiger charge is -2.20. The molecule has 1 aromatic rings. The zero-order chi connectivity index (χ0) is 11.9. The Bertz CT molecular complexity index is 335. The van der Waals surface area contributed by atoms with Gasteiger partial charge in [-0.25, -0.2) is 0 Å². The van der Waals surface area contributed by atoms with Gasteiger partial charge in [-0.2, -0.15) is 0 Å². The molecule has 0 bridgehead atoms. The van der Waals surface area contributed by atoms with E-state index < -0.39 is 0 Å². The van der Waals surface area contributed by atoms with Gasteiger partial charge in [0.15, 0.2) is 0 Å². The van der Waals surface area contributed by atoms with Crippen LogP contribution < -0.4 is 5.32 Å². The minimum atomic E-state index is 1.12. The van der Waals surface area contributed by atoms with Gasteiger partial charge in [-0.3, -0.25) is 4.90 Å². The first-order valence-electron chi connectivity index (χ1n) is 6.90. The molecule has 0 aromatic heterocycles. The topological polar surface area (TPSA) is 15.3 Å². The molecule has 0 saturated carbocycles. The van der Waals surface area contributed by atoms with E-state index in [1.165, 1.54) is 37.9 Å². The molecule has 2 rings (SSSR count). The van der Waals surface area contributed by atoms with E-state index >= 15 is 0 Å². The molecule has 0 saturated heterocycles. The summed E-state index contributed by atoms with van der Waals surface area (Å²) in [5.74, 6) is 0. The van der Waals surface area contributed by atoms with Crippen LogP contribution in [0.15, 0.2) is 24.3 Å². The van der Waals surface area contributed by atoms with Gasteiger partial charge >= 0.3 is 0 Å². The fraction of sp³-hybridized carbons (Fsp3) is 0.600. The van der Waals surface area contributed by atoms with E-state index in [4.69, 9.17) is 0 Å². The molecule has 1 heterocycles. The van der Waals surface area contributed by atoms with Crippen molar-refractivity contribution in [2.75, 3.05) is 26.2 Å². The maximum atomic E-state index is 3.49. The summed E-state index contributed by atoms with van der Waals surface area (Å²) in [6, 6.07) is 8.90. The summed E-state index contributed by atoms with van der Waals surface area (Å²) in [5, 5.41) is 3.49. The third kappa shape index (κ3) is 3.83. The lowest BCUT2D eigenvalue weighted by atomic mass is 10.0. The van der Waals surface area contributed by atoms with Crippen molar-refractivity contribution in [1.82, 2.24) is 10.2 Å². The highest BCUT2D eigenvalue weighted by Crippen LogP contribution is 2.17. The van der Waals surface area contributed by atoms with Gasteiger partial charge in [-0.15, -0.1) is 0 Å². The van der Waals surface area contributed by atoms with Crippen LogP contribution in [0.25, 0.3) is 0 Å². The number of aryl methyl sites for hydroxylation is 1. The monoisotopic (exact) mass is 232 g/mol. The molecule has 1 aliphatic rings. The van der Waals surface area contributed by atoms with Crippen LogP contribution in [0.5, 0.6) is 0 Å².